The van der Waals surface area contributed by atoms with E-state index >= 15 is 0 Å². The lowest BCUT2D eigenvalue weighted by atomic mass is 9.81. The summed E-state index contributed by atoms with van der Waals surface area (Å²) in [6.07, 6.45) is 7.82. The van der Waals surface area contributed by atoms with Gasteiger partial charge in [0, 0.05) is 37.5 Å². The highest BCUT2D eigenvalue weighted by atomic mass is 16.1. The SMILES string of the molecule is Cn1c(C2CCC(CNC(=O)c3ccncc3)CC2)nc2ccccc21. The largest absolute Gasteiger partial charge is 0.352 e. The fourth-order valence-corrected chi connectivity index (χ4v) is 4.00. The van der Waals surface area contributed by atoms with Crippen LogP contribution in [-0.2, 0) is 7.05 Å². The molecule has 1 aromatic carbocycles. The van der Waals surface area contributed by atoms with Crippen molar-refractivity contribution in [2.45, 2.75) is 31.6 Å². The number of rotatable bonds is 4. The molecule has 1 aliphatic carbocycles. The van der Waals surface area contributed by atoms with E-state index in [2.05, 4.69) is 40.1 Å². The number of imidazole rings is 1. The topological polar surface area (TPSA) is 59.8 Å². The lowest BCUT2D eigenvalue weighted by molar-refractivity contribution is 0.0942. The molecule has 1 saturated carbocycles. The van der Waals surface area contributed by atoms with Crippen molar-refractivity contribution >= 4 is 16.9 Å². The number of carbonyl (C=O) groups is 1. The first-order chi connectivity index (χ1) is 12.7. The second-order valence-electron chi connectivity index (χ2n) is 7.18. The van der Waals surface area contributed by atoms with Crippen LogP contribution in [0.2, 0.25) is 0 Å². The van der Waals surface area contributed by atoms with Crippen molar-refractivity contribution in [3.8, 4) is 0 Å². The quantitative estimate of drug-likeness (QED) is 0.782. The number of pyridine rings is 1. The van der Waals surface area contributed by atoms with Crippen LogP contribution in [0.25, 0.3) is 11.0 Å². The van der Waals surface area contributed by atoms with Gasteiger partial charge in [0.2, 0.25) is 0 Å². The molecule has 0 atom stereocenters. The molecule has 0 radical (unpaired) electrons. The standard InChI is InChI=1S/C21H24N4O/c1-25-19-5-3-2-4-18(19)24-20(25)16-8-6-15(7-9-16)14-23-21(26)17-10-12-22-13-11-17/h2-5,10-13,15-16H,6-9,14H2,1H3,(H,23,26). The van der Waals surface area contributed by atoms with Crippen LogP contribution in [0.15, 0.2) is 48.8 Å². The molecule has 1 N–H and O–H groups in total. The Morgan fingerprint density at radius 1 is 1.12 bits per heavy atom. The third kappa shape index (κ3) is 3.34. The van der Waals surface area contributed by atoms with Gasteiger partial charge in [-0.1, -0.05) is 12.1 Å². The summed E-state index contributed by atoms with van der Waals surface area (Å²) >= 11 is 0. The van der Waals surface area contributed by atoms with Gasteiger partial charge < -0.3 is 9.88 Å². The first-order valence-corrected chi connectivity index (χ1v) is 9.32. The Bertz CT molecular complexity index is 895. The van der Waals surface area contributed by atoms with Crippen LogP contribution in [0.3, 0.4) is 0 Å². The number of amides is 1. The van der Waals surface area contributed by atoms with Crippen molar-refractivity contribution < 1.29 is 4.79 Å². The fourth-order valence-electron chi connectivity index (χ4n) is 4.00. The van der Waals surface area contributed by atoms with Gasteiger partial charge >= 0.3 is 0 Å². The van der Waals surface area contributed by atoms with E-state index in [4.69, 9.17) is 4.98 Å². The number of aryl methyl sites for hydroxylation is 1. The lowest BCUT2D eigenvalue weighted by Gasteiger charge is -2.28. The van der Waals surface area contributed by atoms with E-state index in [1.54, 1.807) is 24.5 Å². The number of benzene rings is 1. The van der Waals surface area contributed by atoms with E-state index in [0.29, 0.717) is 17.4 Å². The predicted octanol–water partition coefficient (Wildman–Crippen LogP) is 3.67. The average molecular weight is 348 g/mol. The number of nitrogens with one attached hydrogen (secondary N) is 1. The highest BCUT2D eigenvalue weighted by Gasteiger charge is 2.26. The fraction of sp³-hybridized carbons (Fsp3) is 0.381. The van der Waals surface area contributed by atoms with Gasteiger partial charge in [-0.2, -0.15) is 0 Å². The monoisotopic (exact) mass is 348 g/mol. The van der Waals surface area contributed by atoms with Gasteiger partial charge in [-0.15, -0.1) is 0 Å². The Balaban J connectivity index is 1.34. The number of hydrogen-bond donors (Lipinski definition) is 1. The molecular formula is C21H24N4O. The highest BCUT2D eigenvalue weighted by Crippen LogP contribution is 2.36. The summed E-state index contributed by atoms with van der Waals surface area (Å²) in [6.45, 7) is 0.746. The maximum absolute atomic E-state index is 12.2. The normalized spacial score (nSPS) is 20.2. The number of fused-ring (bicyclic) bond motifs is 1. The number of aromatic nitrogens is 3. The Morgan fingerprint density at radius 3 is 2.58 bits per heavy atom. The van der Waals surface area contributed by atoms with Gasteiger partial charge in [-0.25, -0.2) is 4.98 Å². The van der Waals surface area contributed by atoms with Crippen LogP contribution >= 0.6 is 0 Å². The molecule has 26 heavy (non-hydrogen) atoms. The van der Waals surface area contributed by atoms with Crippen molar-refractivity contribution in [1.82, 2.24) is 19.9 Å². The van der Waals surface area contributed by atoms with E-state index in [0.717, 1.165) is 37.7 Å². The molecule has 2 heterocycles. The van der Waals surface area contributed by atoms with E-state index in [1.807, 2.05) is 6.07 Å². The van der Waals surface area contributed by atoms with Crippen molar-refractivity contribution in [2.24, 2.45) is 13.0 Å². The Labute approximate surface area is 153 Å². The van der Waals surface area contributed by atoms with Crippen LogP contribution in [0.5, 0.6) is 0 Å². The zero-order chi connectivity index (χ0) is 17.9. The minimum atomic E-state index is -0.00938. The van der Waals surface area contributed by atoms with Gasteiger partial charge in [0.15, 0.2) is 0 Å². The minimum absolute atomic E-state index is 0.00938. The van der Waals surface area contributed by atoms with Gasteiger partial charge in [-0.3, -0.25) is 9.78 Å². The molecule has 0 bridgehead atoms. The molecule has 5 heteroatoms. The van der Waals surface area contributed by atoms with Gasteiger partial charge in [0.05, 0.1) is 11.0 Å². The van der Waals surface area contributed by atoms with Crippen LogP contribution in [-0.4, -0.2) is 27.0 Å². The second-order valence-corrected chi connectivity index (χ2v) is 7.18. The molecule has 3 aromatic rings. The molecule has 4 rings (SSSR count). The maximum atomic E-state index is 12.2. The molecule has 1 fully saturated rings. The summed E-state index contributed by atoms with van der Waals surface area (Å²) < 4.78 is 2.24. The third-order valence-electron chi connectivity index (χ3n) is 5.53. The van der Waals surface area contributed by atoms with Crippen molar-refractivity contribution in [3.63, 3.8) is 0 Å². The Hall–Kier alpha value is -2.69. The van der Waals surface area contributed by atoms with E-state index < -0.39 is 0 Å². The third-order valence-corrected chi connectivity index (χ3v) is 5.53. The lowest BCUT2D eigenvalue weighted by Crippen LogP contribution is -2.31. The first-order valence-electron chi connectivity index (χ1n) is 9.32. The van der Waals surface area contributed by atoms with Crippen LogP contribution in [0, 0.1) is 5.92 Å². The second kappa shape index (κ2) is 7.28. The number of nitrogens with zero attached hydrogens (tertiary/aromatic N) is 3. The summed E-state index contributed by atoms with van der Waals surface area (Å²) in [5.41, 5.74) is 2.96. The molecule has 0 saturated heterocycles. The van der Waals surface area contributed by atoms with Gasteiger partial charge in [0.1, 0.15) is 5.82 Å². The van der Waals surface area contributed by atoms with Crippen LogP contribution in [0.4, 0.5) is 0 Å². The predicted molar refractivity (Wildman–Crippen MR) is 102 cm³/mol. The van der Waals surface area contributed by atoms with E-state index in [9.17, 15) is 4.79 Å². The molecule has 1 amide bonds. The number of hydrogen-bond acceptors (Lipinski definition) is 3. The molecule has 134 valence electrons. The van der Waals surface area contributed by atoms with E-state index in [1.165, 1.54) is 11.3 Å². The summed E-state index contributed by atoms with van der Waals surface area (Å²) in [5.74, 6) is 2.25. The van der Waals surface area contributed by atoms with Crippen molar-refractivity contribution in [3.05, 3.63) is 60.2 Å². The van der Waals surface area contributed by atoms with Crippen LogP contribution in [0.1, 0.15) is 47.8 Å². The molecule has 0 aliphatic heterocycles. The van der Waals surface area contributed by atoms with Gasteiger partial charge in [0.25, 0.3) is 5.91 Å². The molecule has 0 spiro atoms. The number of para-hydroxylation sites is 2. The summed E-state index contributed by atoms with van der Waals surface area (Å²) in [4.78, 5) is 21.0. The summed E-state index contributed by atoms with van der Waals surface area (Å²) in [6, 6.07) is 11.8. The smallest absolute Gasteiger partial charge is 0.251 e. The Morgan fingerprint density at radius 2 is 1.85 bits per heavy atom. The van der Waals surface area contributed by atoms with Gasteiger partial charge in [-0.05, 0) is 55.9 Å². The molecule has 5 nitrogen and oxygen atoms in total. The summed E-state index contributed by atoms with van der Waals surface area (Å²) in [7, 11) is 2.12. The van der Waals surface area contributed by atoms with E-state index in [-0.39, 0.29) is 5.91 Å². The van der Waals surface area contributed by atoms with Crippen LogP contribution < -0.4 is 5.32 Å². The maximum Gasteiger partial charge on any atom is 0.251 e. The van der Waals surface area contributed by atoms with Crippen molar-refractivity contribution in [2.75, 3.05) is 6.54 Å². The Kier molecular flexibility index (Phi) is 4.69. The zero-order valence-corrected chi connectivity index (χ0v) is 15.1. The molecule has 1 aliphatic rings. The molecule has 2 aromatic heterocycles. The minimum Gasteiger partial charge on any atom is -0.352 e. The average Bonchev–Trinajstić information content (AvgIpc) is 3.04. The molecular weight excluding hydrogens is 324 g/mol. The summed E-state index contributed by atoms with van der Waals surface area (Å²) in [5, 5.41) is 3.07. The molecule has 0 unspecified atom stereocenters. The number of carbonyl (C=O) groups excluding carboxylic acids is 1. The first kappa shape index (κ1) is 16.8. The highest BCUT2D eigenvalue weighted by molar-refractivity contribution is 5.93. The zero-order valence-electron chi connectivity index (χ0n) is 15.1. The van der Waals surface area contributed by atoms with Crippen molar-refractivity contribution in [1.29, 1.82) is 0 Å².